The molecular formula is C3H9NOSi. The van der Waals surface area contributed by atoms with Gasteiger partial charge in [0.15, 0.2) is 6.41 Å². The molecule has 0 rings (SSSR count). The highest BCUT2D eigenvalue weighted by atomic mass is 28.3. The minimum absolute atomic E-state index is 0.761. The first-order chi connectivity index (χ1) is 2.77. The summed E-state index contributed by atoms with van der Waals surface area (Å²) in [7, 11) is -0.789. The monoisotopic (exact) mass is 103 g/mol. The summed E-state index contributed by atoms with van der Waals surface area (Å²) in [4.78, 5) is 12.2. The van der Waals surface area contributed by atoms with Crippen molar-refractivity contribution in [1.82, 2.24) is 4.98 Å². The zero-order valence-electron chi connectivity index (χ0n) is 4.06. The Labute approximate surface area is 39.2 Å². The fourth-order valence-electron chi connectivity index (χ4n) is 0.136. The van der Waals surface area contributed by atoms with E-state index in [0.717, 1.165) is 6.41 Å². The third kappa shape index (κ3) is 3.69. The predicted molar refractivity (Wildman–Crippen MR) is 28.1 cm³/mol. The zero-order chi connectivity index (χ0) is 4.99. The van der Waals surface area contributed by atoms with Crippen LogP contribution in [0.25, 0.3) is 0 Å². The molecule has 0 aliphatic heterocycles. The first kappa shape index (κ1) is 5.69. The van der Waals surface area contributed by atoms with Crippen LogP contribution in [0.3, 0.4) is 0 Å². The summed E-state index contributed by atoms with van der Waals surface area (Å²) in [5, 5.41) is 0. The molecule has 1 N–H and O–H groups in total. The van der Waals surface area contributed by atoms with Crippen molar-refractivity contribution in [2.45, 2.75) is 13.1 Å². The minimum Gasteiger partial charge on any atom is -0.388 e. The van der Waals surface area contributed by atoms with Crippen molar-refractivity contribution in [1.29, 1.82) is 0 Å². The van der Waals surface area contributed by atoms with Crippen molar-refractivity contribution >= 4 is 15.4 Å². The molecule has 0 aliphatic rings. The van der Waals surface area contributed by atoms with Gasteiger partial charge in [-0.1, -0.05) is 13.1 Å². The Morgan fingerprint density at radius 2 is 2.17 bits per heavy atom. The zero-order valence-corrected chi connectivity index (χ0v) is 5.22. The van der Waals surface area contributed by atoms with Gasteiger partial charge in [0, 0.05) is 0 Å². The van der Waals surface area contributed by atoms with E-state index < -0.39 is 8.96 Å². The van der Waals surface area contributed by atoms with Gasteiger partial charge in [-0.25, -0.2) is 0 Å². The summed E-state index contributed by atoms with van der Waals surface area (Å²) in [5.41, 5.74) is 0. The first-order valence-electron chi connectivity index (χ1n) is 1.97. The van der Waals surface area contributed by atoms with Gasteiger partial charge in [0.25, 0.3) is 0 Å². The number of nitrogens with one attached hydrogen (secondary N) is 1. The van der Waals surface area contributed by atoms with Crippen LogP contribution in [0.5, 0.6) is 0 Å². The van der Waals surface area contributed by atoms with Crippen LogP contribution in [0, 0.1) is 0 Å². The molecule has 36 valence electrons. The van der Waals surface area contributed by atoms with Crippen molar-refractivity contribution in [2.24, 2.45) is 0 Å². The van der Waals surface area contributed by atoms with Crippen LogP contribution in [0.1, 0.15) is 0 Å². The van der Waals surface area contributed by atoms with E-state index in [1.54, 1.807) is 0 Å². The standard InChI is InChI=1S/C3H9NOSi/c1-6(2)4-3-5/h3,6H,1-2H3,(H,4,5). The highest BCUT2D eigenvalue weighted by molar-refractivity contribution is 6.55. The third-order valence-corrected chi connectivity index (χ3v) is 1.20. The number of hydrogen-bond acceptors (Lipinski definition) is 1. The molecule has 0 aromatic heterocycles. The van der Waals surface area contributed by atoms with Gasteiger partial charge >= 0.3 is 0 Å². The van der Waals surface area contributed by atoms with E-state index >= 15 is 0 Å². The van der Waals surface area contributed by atoms with Gasteiger partial charge in [0.05, 0.1) is 0 Å². The SMILES string of the molecule is C[SiH](C)NC=O. The normalized spacial score (nSPS) is 8.50. The molecule has 0 aliphatic carbocycles. The number of carbonyl (C=O) groups is 1. The molecule has 0 aromatic carbocycles. The summed E-state index contributed by atoms with van der Waals surface area (Å²) >= 11 is 0. The summed E-state index contributed by atoms with van der Waals surface area (Å²) in [6, 6.07) is 0. The molecule has 0 unspecified atom stereocenters. The Hall–Kier alpha value is -0.313. The van der Waals surface area contributed by atoms with Crippen LogP contribution in [-0.2, 0) is 4.79 Å². The van der Waals surface area contributed by atoms with Gasteiger partial charge in [-0.05, 0) is 0 Å². The number of rotatable bonds is 2. The van der Waals surface area contributed by atoms with Crippen molar-refractivity contribution < 1.29 is 4.79 Å². The maximum Gasteiger partial charge on any atom is 0.199 e. The molecule has 1 amide bonds. The summed E-state index contributed by atoms with van der Waals surface area (Å²) in [6.07, 6.45) is 0.761. The molecule has 0 aromatic rings. The first-order valence-corrected chi connectivity index (χ1v) is 4.85. The van der Waals surface area contributed by atoms with Crippen LogP contribution in [0.15, 0.2) is 0 Å². The van der Waals surface area contributed by atoms with Crippen molar-refractivity contribution in [3.63, 3.8) is 0 Å². The summed E-state index contributed by atoms with van der Waals surface area (Å²) in [5.74, 6) is 0. The third-order valence-electron chi connectivity index (χ3n) is 0.401. The average molecular weight is 103 g/mol. The molecule has 0 heterocycles. The average Bonchev–Trinajstić information content (AvgIpc) is 1.35. The second kappa shape index (κ2) is 2.90. The molecule has 0 saturated heterocycles. The van der Waals surface area contributed by atoms with E-state index in [2.05, 4.69) is 18.1 Å². The molecular weight excluding hydrogens is 94.1 g/mol. The second-order valence-electron chi connectivity index (χ2n) is 1.44. The summed E-state index contributed by atoms with van der Waals surface area (Å²) in [6.45, 7) is 4.10. The Morgan fingerprint density at radius 1 is 1.67 bits per heavy atom. The molecule has 0 saturated carbocycles. The second-order valence-corrected chi connectivity index (χ2v) is 4.08. The van der Waals surface area contributed by atoms with E-state index in [1.807, 2.05) is 0 Å². The molecule has 0 radical (unpaired) electrons. The van der Waals surface area contributed by atoms with Crippen molar-refractivity contribution in [3.8, 4) is 0 Å². The van der Waals surface area contributed by atoms with E-state index in [-0.39, 0.29) is 0 Å². The molecule has 0 spiro atoms. The fraction of sp³-hybridized carbons (Fsp3) is 0.667. The topological polar surface area (TPSA) is 29.1 Å². The Bertz CT molecular complexity index is 46.1. The highest BCUT2D eigenvalue weighted by Gasteiger charge is 1.85. The Morgan fingerprint density at radius 3 is 2.17 bits per heavy atom. The van der Waals surface area contributed by atoms with Crippen LogP contribution in [-0.4, -0.2) is 15.4 Å². The molecule has 3 heteroatoms. The van der Waals surface area contributed by atoms with Gasteiger partial charge in [0.2, 0.25) is 0 Å². The maximum absolute atomic E-state index is 9.54. The van der Waals surface area contributed by atoms with Crippen LogP contribution in [0.2, 0.25) is 13.1 Å². The van der Waals surface area contributed by atoms with Gasteiger partial charge in [0.1, 0.15) is 8.96 Å². The molecule has 0 atom stereocenters. The van der Waals surface area contributed by atoms with Crippen molar-refractivity contribution in [3.05, 3.63) is 0 Å². The van der Waals surface area contributed by atoms with Gasteiger partial charge in [-0.3, -0.25) is 4.79 Å². The number of hydrogen-bond donors (Lipinski definition) is 1. The van der Waals surface area contributed by atoms with Crippen LogP contribution in [0.4, 0.5) is 0 Å². The van der Waals surface area contributed by atoms with E-state index in [9.17, 15) is 4.79 Å². The minimum atomic E-state index is -0.789. The van der Waals surface area contributed by atoms with E-state index in [1.165, 1.54) is 0 Å². The molecule has 0 fully saturated rings. The molecule has 2 nitrogen and oxygen atoms in total. The predicted octanol–water partition coefficient (Wildman–Crippen LogP) is -0.284. The van der Waals surface area contributed by atoms with Gasteiger partial charge < -0.3 is 4.98 Å². The van der Waals surface area contributed by atoms with Crippen molar-refractivity contribution in [2.75, 3.05) is 0 Å². The quantitative estimate of drug-likeness (QED) is 0.378. The lowest BCUT2D eigenvalue weighted by atomic mass is 11.5. The highest BCUT2D eigenvalue weighted by Crippen LogP contribution is 1.62. The fourth-order valence-corrected chi connectivity index (χ4v) is 0.408. The Balaban J connectivity index is 2.81. The largest absolute Gasteiger partial charge is 0.388 e. The maximum atomic E-state index is 9.54. The van der Waals surface area contributed by atoms with Gasteiger partial charge in [-0.2, -0.15) is 0 Å². The Kier molecular flexibility index (Phi) is 2.75. The molecule has 0 bridgehead atoms. The lowest BCUT2D eigenvalue weighted by molar-refractivity contribution is -0.108. The van der Waals surface area contributed by atoms with Crippen LogP contribution < -0.4 is 4.98 Å². The lowest BCUT2D eigenvalue weighted by Gasteiger charge is -1.93. The number of amides is 1. The molecule has 6 heavy (non-hydrogen) atoms. The van der Waals surface area contributed by atoms with E-state index in [0.29, 0.717) is 0 Å². The lowest BCUT2D eigenvalue weighted by Crippen LogP contribution is -2.24. The smallest absolute Gasteiger partial charge is 0.199 e. The number of carbonyl (C=O) groups excluding carboxylic acids is 1. The summed E-state index contributed by atoms with van der Waals surface area (Å²) < 4.78 is 0. The van der Waals surface area contributed by atoms with Crippen LogP contribution >= 0.6 is 0 Å². The van der Waals surface area contributed by atoms with E-state index in [4.69, 9.17) is 0 Å². The van der Waals surface area contributed by atoms with Gasteiger partial charge in [-0.15, -0.1) is 0 Å².